The molecule has 0 aliphatic rings. The summed E-state index contributed by atoms with van der Waals surface area (Å²) in [6.07, 6.45) is 3.37. The Morgan fingerprint density at radius 3 is 2.76 bits per heavy atom. The van der Waals surface area contributed by atoms with Crippen molar-refractivity contribution < 1.29 is 14.3 Å². The molecule has 2 aromatic heterocycles. The number of carbonyl (C=O) groups is 1. The molecular weight excluding hydrogens is 320 g/mol. The van der Waals surface area contributed by atoms with Crippen LogP contribution in [0.4, 0.5) is 0 Å². The molecule has 3 rings (SSSR count). The summed E-state index contributed by atoms with van der Waals surface area (Å²) in [7, 11) is 1.60. The molecule has 0 saturated heterocycles. The number of pyridine rings is 1. The van der Waals surface area contributed by atoms with Gasteiger partial charge in [-0.25, -0.2) is 0 Å². The lowest BCUT2D eigenvalue weighted by Gasteiger charge is -2.06. The second-order valence-corrected chi connectivity index (χ2v) is 5.28. The summed E-state index contributed by atoms with van der Waals surface area (Å²) in [5, 5.41) is 9.64. The first kappa shape index (κ1) is 16.5. The molecule has 25 heavy (non-hydrogen) atoms. The summed E-state index contributed by atoms with van der Waals surface area (Å²) in [6.45, 7) is 0.696. The van der Waals surface area contributed by atoms with Crippen LogP contribution in [0.15, 0.2) is 54.9 Å². The molecular formula is C18H18N4O3. The number of benzene rings is 1. The summed E-state index contributed by atoms with van der Waals surface area (Å²) in [5.41, 5.74) is 2.00. The van der Waals surface area contributed by atoms with Crippen LogP contribution >= 0.6 is 0 Å². The molecule has 0 bridgehead atoms. The second-order valence-electron chi connectivity index (χ2n) is 5.28. The molecule has 128 valence electrons. The Balaban J connectivity index is 1.53. The van der Waals surface area contributed by atoms with Crippen molar-refractivity contribution in [3.05, 3.63) is 71.8 Å². The van der Waals surface area contributed by atoms with Gasteiger partial charge < -0.3 is 14.8 Å². The summed E-state index contributed by atoms with van der Waals surface area (Å²) in [5.74, 6) is 1.15. The first-order chi connectivity index (χ1) is 12.2. The standard InChI is InChI=1S/C18H18N4O3/c1-24-15-3-2-4-16(10-15)25-12-14-9-17(22-21-14)18(23)20-11-13-5-7-19-8-6-13/h2-10H,11-12H2,1H3,(H,20,23)(H,21,22). The van der Waals surface area contributed by atoms with E-state index in [0.717, 1.165) is 11.3 Å². The molecule has 1 amide bonds. The Labute approximate surface area is 145 Å². The fourth-order valence-corrected chi connectivity index (χ4v) is 2.18. The number of hydrogen-bond acceptors (Lipinski definition) is 5. The van der Waals surface area contributed by atoms with E-state index in [1.54, 1.807) is 31.6 Å². The fourth-order valence-electron chi connectivity index (χ4n) is 2.18. The van der Waals surface area contributed by atoms with Gasteiger partial charge in [-0.3, -0.25) is 14.9 Å². The van der Waals surface area contributed by atoms with E-state index >= 15 is 0 Å². The van der Waals surface area contributed by atoms with Crippen molar-refractivity contribution >= 4 is 5.91 Å². The molecule has 1 aromatic carbocycles. The Morgan fingerprint density at radius 2 is 1.96 bits per heavy atom. The minimum atomic E-state index is -0.249. The van der Waals surface area contributed by atoms with Crippen LogP contribution in [-0.2, 0) is 13.2 Å². The van der Waals surface area contributed by atoms with Gasteiger partial charge in [-0.1, -0.05) is 6.07 Å². The van der Waals surface area contributed by atoms with Crippen molar-refractivity contribution in [2.45, 2.75) is 13.2 Å². The molecule has 0 aliphatic heterocycles. The first-order valence-electron chi connectivity index (χ1n) is 7.73. The third-order valence-corrected chi connectivity index (χ3v) is 3.50. The highest BCUT2D eigenvalue weighted by molar-refractivity contribution is 5.92. The largest absolute Gasteiger partial charge is 0.497 e. The van der Waals surface area contributed by atoms with E-state index < -0.39 is 0 Å². The number of amides is 1. The summed E-state index contributed by atoms with van der Waals surface area (Å²) in [4.78, 5) is 16.1. The van der Waals surface area contributed by atoms with E-state index in [1.165, 1.54) is 0 Å². The summed E-state index contributed by atoms with van der Waals surface area (Å²) in [6, 6.07) is 12.7. The number of nitrogens with one attached hydrogen (secondary N) is 2. The highest BCUT2D eigenvalue weighted by Gasteiger charge is 2.10. The average Bonchev–Trinajstić information content (AvgIpc) is 3.14. The van der Waals surface area contributed by atoms with Gasteiger partial charge in [0.05, 0.1) is 12.8 Å². The normalized spacial score (nSPS) is 10.3. The highest BCUT2D eigenvalue weighted by Crippen LogP contribution is 2.19. The van der Waals surface area contributed by atoms with Crippen LogP contribution in [0, 0.1) is 0 Å². The Kier molecular flexibility index (Phi) is 5.26. The zero-order valence-corrected chi connectivity index (χ0v) is 13.7. The molecule has 3 aromatic rings. The number of aromatic amines is 1. The van der Waals surface area contributed by atoms with Crippen LogP contribution < -0.4 is 14.8 Å². The van der Waals surface area contributed by atoms with Gasteiger partial charge in [0.2, 0.25) is 0 Å². The van der Waals surface area contributed by atoms with Crippen molar-refractivity contribution in [2.24, 2.45) is 0 Å². The third kappa shape index (κ3) is 4.57. The minimum Gasteiger partial charge on any atom is -0.497 e. The van der Waals surface area contributed by atoms with Crippen molar-refractivity contribution in [2.75, 3.05) is 7.11 Å². The predicted octanol–water partition coefficient (Wildman–Crippen LogP) is 2.32. The Hall–Kier alpha value is -3.35. The van der Waals surface area contributed by atoms with Crippen LogP contribution in [-0.4, -0.2) is 28.2 Å². The number of H-pyrrole nitrogens is 1. The maximum absolute atomic E-state index is 12.1. The van der Waals surface area contributed by atoms with Gasteiger partial charge in [-0.05, 0) is 35.9 Å². The lowest BCUT2D eigenvalue weighted by atomic mass is 10.2. The smallest absolute Gasteiger partial charge is 0.272 e. The Morgan fingerprint density at radius 1 is 1.16 bits per heavy atom. The molecule has 0 atom stereocenters. The molecule has 0 radical (unpaired) electrons. The summed E-state index contributed by atoms with van der Waals surface area (Å²) >= 11 is 0. The maximum atomic E-state index is 12.1. The van der Waals surface area contributed by atoms with E-state index in [0.29, 0.717) is 23.7 Å². The van der Waals surface area contributed by atoms with Gasteiger partial charge in [0.1, 0.15) is 23.8 Å². The van der Waals surface area contributed by atoms with Gasteiger partial charge in [-0.2, -0.15) is 5.10 Å². The molecule has 0 unspecified atom stereocenters. The number of rotatable bonds is 7. The lowest BCUT2D eigenvalue weighted by molar-refractivity contribution is 0.0946. The van der Waals surface area contributed by atoms with E-state index in [9.17, 15) is 4.79 Å². The molecule has 0 saturated carbocycles. The van der Waals surface area contributed by atoms with Crippen LogP contribution in [0.1, 0.15) is 21.7 Å². The topological polar surface area (TPSA) is 89.1 Å². The van der Waals surface area contributed by atoms with Crippen LogP contribution in [0.25, 0.3) is 0 Å². The third-order valence-electron chi connectivity index (χ3n) is 3.50. The molecule has 0 fully saturated rings. The van der Waals surface area contributed by atoms with E-state index in [2.05, 4.69) is 20.5 Å². The van der Waals surface area contributed by atoms with Gasteiger partial charge in [-0.15, -0.1) is 0 Å². The average molecular weight is 338 g/mol. The Bertz CT molecular complexity index is 833. The molecule has 0 spiro atoms. The number of aromatic nitrogens is 3. The number of methoxy groups -OCH3 is 1. The molecule has 2 N–H and O–H groups in total. The quantitative estimate of drug-likeness (QED) is 0.690. The number of ether oxygens (including phenoxy) is 2. The van der Waals surface area contributed by atoms with Gasteiger partial charge in [0.15, 0.2) is 0 Å². The van der Waals surface area contributed by atoms with Gasteiger partial charge >= 0.3 is 0 Å². The van der Waals surface area contributed by atoms with Crippen molar-refractivity contribution in [1.29, 1.82) is 0 Å². The maximum Gasteiger partial charge on any atom is 0.272 e. The van der Waals surface area contributed by atoms with Gasteiger partial charge in [0.25, 0.3) is 5.91 Å². The molecule has 0 aliphatic carbocycles. The number of carbonyl (C=O) groups excluding carboxylic acids is 1. The molecule has 7 nitrogen and oxygen atoms in total. The highest BCUT2D eigenvalue weighted by atomic mass is 16.5. The van der Waals surface area contributed by atoms with Gasteiger partial charge in [0, 0.05) is 25.0 Å². The van der Waals surface area contributed by atoms with E-state index in [4.69, 9.17) is 9.47 Å². The van der Waals surface area contributed by atoms with Crippen LogP contribution in [0.3, 0.4) is 0 Å². The lowest BCUT2D eigenvalue weighted by Crippen LogP contribution is -2.23. The van der Waals surface area contributed by atoms with Crippen LogP contribution in [0.2, 0.25) is 0 Å². The minimum absolute atomic E-state index is 0.249. The zero-order valence-electron chi connectivity index (χ0n) is 13.7. The monoisotopic (exact) mass is 338 g/mol. The molecule has 7 heteroatoms. The predicted molar refractivity (Wildman–Crippen MR) is 91.3 cm³/mol. The van der Waals surface area contributed by atoms with E-state index in [1.807, 2.05) is 30.3 Å². The second kappa shape index (κ2) is 7.96. The van der Waals surface area contributed by atoms with E-state index in [-0.39, 0.29) is 12.5 Å². The van der Waals surface area contributed by atoms with Crippen LogP contribution in [0.5, 0.6) is 11.5 Å². The van der Waals surface area contributed by atoms with Crippen molar-refractivity contribution in [3.63, 3.8) is 0 Å². The fraction of sp³-hybridized carbons (Fsp3) is 0.167. The summed E-state index contributed by atoms with van der Waals surface area (Å²) < 4.78 is 10.8. The first-order valence-corrected chi connectivity index (χ1v) is 7.73. The zero-order chi connectivity index (χ0) is 17.5. The molecule has 2 heterocycles. The van der Waals surface area contributed by atoms with Crippen molar-refractivity contribution in [3.8, 4) is 11.5 Å². The number of nitrogens with zero attached hydrogens (tertiary/aromatic N) is 2. The SMILES string of the molecule is COc1cccc(OCc2cc(C(=O)NCc3ccncc3)n[nH]2)c1. The number of hydrogen-bond donors (Lipinski definition) is 2. The van der Waals surface area contributed by atoms with Crippen molar-refractivity contribution in [1.82, 2.24) is 20.5 Å².